The van der Waals surface area contributed by atoms with Crippen LogP contribution in [-0.2, 0) is 56.2 Å². The molecule has 0 saturated carbocycles. The van der Waals surface area contributed by atoms with E-state index in [1.54, 1.807) is 0 Å². The molecule has 52 heavy (non-hydrogen) atoms. The van der Waals surface area contributed by atoms with Crippen LogP contribution in [0.5, 0.6) is 0 Å². The van der Waals surface area contributed by atoms with Gasteiger partial charge in [0.2, 0.25) is 0 Å². The number of hydrogen-bond donors (Lipinski definition) is 10. The molecular weight excluding hydrogens is 754 g/mol. The molecule has 0 spiro atoms. The Labute approximate surface area is 319 Å². The molecule has 0 aromatic rings. The maximum absolute atomic E-state index is 11.2. The summed E-state index contributed by atoms with van der Waals surface area (Å²) in [4.78, 5) is 8.93. The summed E-state index contributed by atoms with van der Waals surface area (Å²) in [5.41, 5.74) is -0.329. The summed E-state index contributed by atoms with van der Waals surface area (Å²) in [5, 5.41) is 95.1. The Hall–Kier alpha value is 0.294. The zero-order valence-corrected chi connectivity index (χ0v) is 33.4. The van der Waals surface area contributed by atoms with Crippen molar-refractivity contribution in [2.75, 3.05) is 40.1 Å². The molecule has 1 radical (unpaired) electrons. The van der Waals surface area contributed by atoms with Crippen LogP contribution in [0.4, 0.5) is 0 Å². The van der Waals surface area contributed by atoms with Crippen LogP contribution >= 0.6 is 9.03 Å². The average Bonchev–Trinajstić information content (AvgIpc) is 3.08. The van der Waals surface area contributed by atoms with E-state index in [0.29, 0.717) is 13.0 Å². The molecule has 3 saturated heterocycles. The van der Waals surface area contributed by atoms with Crippen molar-refractivity contribution in [2.45, 2.75) is 153 Å². The Bertz CT molecular complexity index is 972. The molecule has 3 aliphatic rings. The summed E-state index contributed by atoms with van der Waals surface area (Å²) >= 11 is 0. The number of rotatable bonds is 18. The maximum Gasteiger partial charge on any atom is 0.187 e. The Morgan fingerprint density at radius 3 is 1.52 bits per heavy atom. The minimum absolute atomic E-state index is 0. The van der Waals surface area contributed by atoms with Gasteiger partial charge in [-0.15, -0.1) is 0 Å². The summed E-state index contributed by atoms with van der Waals surface area (Å²) in [6.07, 6.45) is -21.9. The number of aliphatic hydroxyl groups excluding tert-OH is 9. The Kier molecular flexibility index (Phi) is 22.7. The predicted octanol–water partition coefficient (Wildman–Crippen LogP) is -2.13. The fraction of sp³-hybridized carbons (Fsp3) is 1.00. The third-order valence-corrected chi connectivity index (χ3v) is 9.52. The van der Waals surface area contributed by atoms with Gasteiger partial charge in [0.15, 0.2) is 27.9 Å². The van der Waals surface area contributed by atoms with Crippen molar-refractivity contribution < 1.29 is 107 Å². The largest absolute Gasteiger partial charge is 0.394 e. The van der Waals surface area contributed by atoms with Crippen molar-refractivity contribution in [3.63, 3.8) is 0 Å². The van der Waals surface area contributed by atoms with Crippen molar-refractivity contribution in [2.24, 2.45) is 10.8 Å². The normalized spacial score (nSPS) is 38.8. The van der Waals surface area contributed by atoms with Gasteiger partial charge in [-0.3, -0.25) is 0 Å². The SMILES string of the molecule is CC.COCC1OC(OC2C(O)C(CO)OC(OC3C(O)C(CO)OC(OCCC(C)(C)CC(C)(C)CCOPO)C3O)C2O)C(O)C(O)C1O.[V]. The van der Waals surface area contributed by atoms with Crippen molar-refractivity contribution in [3.05, 3.63) is 0 Å². The van der Waals surface area contributed by atoms with Crippen LogP contribution in [0.15, 0.2) is 0 Å². The van der Waals surface area contributed by atoms with Gasteiger partial charge in [0.25, 0.3) is 0 Å². The van der Waals surface area contributed by atoms with E-state index in [-0.39, 0.29) is 42.6 Å². The van der Waals surface area contributed by atoms with Crippen LogP contribution in [0.2, 0.25) is 0 Å². The van der Waals surface area contributed by atoms with E-state index in [1.165, 1.54) is 7.11 Å². The van der Waals surface area contributed by atoms with Gasteiger partial charge in [0, 0.05) is 25.7 Å². The van der Waals surface area contributed by atoms with Crippen LogP contribution in [0.1, 0.15) is 60.8 Å². The first-order valence-corrected chi connectivity index (χ1v) is 18.2. The minimum Gasteiger partial charge on any atom is -0.394 e. The van der Waals surface area contributed by atoms with Gasteiger partial charge < -0.3 is 88.5 Å². The Balaban J connectivity index is 0.00000443. The quantitative estimate of drug-likeness (QED) is 0.0523. The summed E-state index contributed by atoms with van der Waals surface area (Å²) in [5.74, 6) is 0. The summed E-state index contributed by atoms with van der Waals surface area (Å²) < 4.78 is 44.2. The predicted molar refractivity (Wildman–Crippen MR) is 179 cm³/mol. The first-order valence-electron chi connectivity index (χ1n) is 17.4. The van der Waals surface area contributed by atoms with Crippen LogP contribution in [0.25, 0.3) is 0 Å². The Morgan fingerprint density at radius 2 is 1.04 bits per heavy atom. The van der Waals surface area contributed by atoms with E-state index >= 15 is 0 Å². The number of methoxy groups -OCH3 is 1. The van der Waals surface area contributed by atoms with E-state index in [1.807, 2.05) is 13.8 Å². The first-order chi connectivity index (χ1) is 24.0. The summed E-state index contributed by atoms with van der Waals surface area (Å²) in [6, 6.07) is 0. The molecule has 3 aliphatic heterocycles. The van der Waals surface area contributed by atoms with Gasteiger partial charge in [-0.25, -0.2) is 0 Å². The van der Waals surface area contributed by atoms with Crippen LogP contribution in [0.3, 0.4) is 0 Å². The standard InChI is InChI=1S/C30H57O18P.C2H6.V/c1-29(2,13-30(3,4)7-9-43-49-40)6-8-42-26-22(38)24(18(34)14(10-31)44-26)48-28-23(39)25(19(35)15(11-32)45-28)47-27-21(37)20(36)17(33)16(46-27)12-41-5;1-2;/h14-28,31-40,49H,6-13H2,1-5H3;1-2H3;. The molecule has 16 unspecified atom stereocenters. The average molecular weight is 818 g/mol. The molecule has 18 nitrogen and oxygen atoms in total. The molecule has 0 amide bonds. The smallest absolute Gasteiger partial charge is 0.187 e. The van der Waals surface area contributed by atoms with E-state index < -0.39 is 114 Å². The molecular formula is C32H63O18PV. The van der Waals surface area contributed by atoms with E-state index in [4.69, 9.17) is 42.6 Å². The molecule has 3 fully saturated rings. The van der Waals surface area contributed by atoms with Crippen LogP contribution < -0.4 is 0 Å². The number of ether oxygens (including phenoxy) is 7. The van der Waals surface area contributed by atoms with Crippen molar-refractivity contribution in [1.29, 1.82) is 0 Å². The molecule has 20 heteroatoms. The van der Waals surface area contributed by atoms with E-state index in [0.717, 1.165) is 12.8 Å². The van der Waals surface area contributed by atoms with Gasteiger partial charge in [-0.1, -0.05) is 41.5 Å². The van der Waals surface area contributed by atoms with E-state index in [2.05, 4.69) is 27.7 Å². The molecule has 309 valence electrons. The van der Waals surface area contributed by atoms with Crippen molar-refractivity contribution in [1.82, 2.24) is 0 Å². The Morgan fingerprint density at radius 1 is 0.596 bits per heavy atom. The summed E-state index contributed by atoms with van der Waals surface area (Å²) in [6.45, 7) is 11.2. The fourth-order valence-corrected chi connectivity index (χ4v) is 6.81. The van der Waals surface area contributed by atoms with Gasteiger partial charge in [-0.05, 0) is 30.1 Å². The van der Waals surface area contributed by atoms with Gasteiger partial charge >= 0.3 is 0 Å². The second kappa shape index (κ2) is 23.5. The van der Waals surface area contributed by atoms with E-state index in [9.17, 15) is 46.0 Å². The second-order valence-corrected chi connectivity index (χ2v) is 14.9. The van der Waals surface area contributed by atoms with Crippen molar-refractivity contribution in [3.8, 4) is 0 Å². The zero-order chi connectivity index (χ0) is 38.7. The monoisotopic (exact) mass is 817 g/mol. The second-order valence-electron chi connectivity index (χ2n) is 14.4. The minimum atomic E-state index is -1.89. The number of hydrogen-bond acceptors (Lipinski definition) is 18. The molecule has 3 rings (SSSR count). The molecule has 0 aromatic carbocycles. The molecule has 0 aliphatic carbocycles. The molecule has 16 atom stereocenters. The van der Waals surface area contributed by atoms with Gasteiger partial charge in [0.1, 0.15) is 73.2 Å². The molecule has 0 aromatic heterocycles. The number of aliphatic hydroxyl groups is 9. The first kappa shape index (κ1) is 50.3. The van der Waals surface area contributed by atoms with Gasteiger partial charge in [-0.2, -0.15) is 0 Å². The van der Waals surface area contributed by atoms with Crippen molar-refractivity contribution >= 4 is 9.03 Å². The summed E-state index contributed by atoms with van der Waals surface area (Å²) in [7, 11) is 0.751. The van der Waals surface area contributed by atoms with Crippen LogP contribution in [0, 0.1) is 10.8 Å². The third-order valence-electron chi connectivity index (χ3n) is 9.19. The van der Waals surface area contributed by atoms with Crippen LogP contribution in [-0.4, -0.2) is 183 Å². The van der Waals surface area contributed by atoms with Gasteiger partial charge in [0.05, 0.1) is 33.0 Å². The molecule has 0 bridgehead atoms. The third kappa shape index (κ3) is 13.7. The fourth-order valence-electron chi connectivity index (χ4n) is 6.62. The zero-order valence-electron chi connectivity index (χ0n) is 31.0. The molecule has 10 N–H and O–H groups in total. The molecule has 3 heterocycles. The topological polar surface area (TPSA) is 276 Å². The maximum atomic E-state index is 11.2.